The molecule has 0 saturated heterocycles. The molecule has 0 spiro atoms. The largest absolute Gasteiger partial charge is 0.397 e. The first kappa shape index (κ1) is 15.8. The summed E-state index contributed by atoms with van der Waals surface area (Å²) in [5.41, 5.74) is 8.57. The number of nitrogens with one attached hydrogen (secondary N) is 1. The van der Waals surface area contributed by atoms with Crippen molar-refractivity contribution in [3.8, 4) is 0 Å². The lowest BCUT2D eigenvalue weighted by molar-refractivity contribution is 0.0951. The average molecular weight is 305 g/mol. The van der Waals surface area contributed by atoms with Crippen LogP contribution >= 0.6 is 11.3 Å². The van der Waals surface area contributed by atoms with Crippen molar-refractivity contribution in [2.75, 3.05) is 12.3 Å². The number of amides is 1. The molecule has 0 aliphatic carbocycles. The SMILES string of the molecule is CCC(CC)CNC(=O)c1sc2cc(C)nc(C)c2c1N. The predicted octanol–water partition coefficient (Wildman–Crippen LogP) is 3.66. The van der Waals surface area contributed by atoms with Gasteiger partial charge in [0.05, 0.1) is 5.69 Å². The van der Waals surface area contributed by atoms with Crippen LogP contribution in [0.15, 0.2) is 6.07 Å². The number of thiophene rings is 1. The molecule has 2 aromatic rings. The Balaban J connectivity index is 2.28. The molecule has 0 aliphatic heterocycles. The molecule has 4 nitrogen and oxygen atoms in total. The van der Waals surface area contributed by atoms with Gasteiger partial charge in [-0.25, -0.2) is 0 Å². The Morgan fingerprint density at radius 1 is 1.38 bits per heavy atom. The maximum atomic E-state index is 12.4. The molecule has 3 N–H and O–H groups in total. The molecule has 21 heavy (non-hydrogen) atoms. The Kier molecular flexibility index (Phi) is 4.83. The van der Waals surface area contributed by atoms with Crippen LogP contribution in [0.3, 0.4) is 0 Å². The summed E-state index contributed by atoms with van der Waals surface area (Å²) in [6, 6.07) is 1.99. The Morgan fingerprint density at radius 2 is 2.05 bits per heavy atom. The maximum absolute atomic E-state index is 12.4. The van der Waals surface area contributed by atoms with Gasteiger partial charge in [-0.1, -0.05) is 26.7 Å². The fourth-order valence-corrected chi connectivity index (χ4v) is 3.73. The molecule has 1 amide bonds. The number of hydrogen-bond donors (Lipinski definition) is 2. The molecule has 0 saturated carbocycles. The molecular formula is C16H23N3OS. The lowest BCUT2D eigenvalue weighted by atomic mass is 10.0. The molecule has 5 heteroatoms. The van der Waals surface area contributed by atoms with E-state index >= 15 is 0 Å². The van der Waals surface area contributed by atoms with E-state index in [0.29, 0.717) is 23.0 Å². The number of fused-ring (bicyclic) bond motifs is 1. The molecule has 0 fully saturated rings. The molecule has 0 aliphatic rings. The molecule has 114 valence electrons. The zero-order chi connectivity index (χ0) is 15.6. The van der Waals surface area contributed by atoms with Gasteiger partial charge in [0.2, 0.25) is 0 Å². The summed E-state index contributed by atoms with van der Waals surface area (Å²) >= 11 is 1.45. The van der Waals surface area contributed by atoms with Crippen LogP contribution in [0.2, 0.25) is 0 Å². The second-order valence-electron chi connectivity index (χ2n) is 5.46. The van der Waals surface area contributed by atoms with Gasteiger partial charge < -0.3 is 11.1 Å². The first-order valence-electron chi connectivity index (χ1n) is 7.42. The van der Waals surface area contributed by atoms with E-state index in [9.17, 15) is 4.79 Å². The van der Waals surface area contributed by atoms with Gasteiger partial charge >= 0.3 is 0 Å². The van der Waals surface area contributed by atoms with E-state index in [1.54, 1.807) is 0 Å². The van der Waals surface area contributed by atoms with Crippen molar-refractivity contribution in [2.24, 2.45) is 5.92 Å². The monoisotopic (exact) mass is 305 g/mol. The quantitative estimate of drug-likeness (QED) is 0.885. The van der Waals surface area contributed by atoms with Gasteiger partial charge in [-0.15, -0.1) is 11.3 Å². The summed E-state index contributed by atoms with van der Waals surface area (Å²) in [7, 11) is 0. The van der Waals surface area contributed by atoms with Crippen molar-refractivity contribution >= 4 is 33.0 Å². The van der Waals surface area contributed by atoms with Crippen LogP contribution in [0.25, 0.3) is 10.1 Å². The second kappa shape index (κ2) is 6.43. The Labute approximate surface area is 129 Å². The summed E-state index contributed by atoms with van der Waals surface area (Å²) < 4.78 is 1.03. The number of aryl methyl sites for hydroxylation is 2. The van der Waals surface area contributed by atoms with Crippen molar-refractivity contribution in [2.45, 2.75) is 40.5 Å². The lowest BCUT2D eigenvalue weighted by Crippen LogP contribution is -2.28. The van der Waals surface area contributed by atoms with Crippen LogP contribution in [0.1, 0.15) is 47.7 Å². The molecule has 0 unspecified atom stereocenters. The predicted molar refractivity (Wildman–Crippen MR) is 89.9 cm³/mol. The third-order valence-corrected chi connectivity index (χ3v) is 5.08. The zero-order valence-electron chi connectivity index (χ0n) is 13.1. The minimum absolute atomic E-state index is 0.0716. The van der Waals surface area contributed by atoms with E-state index in [1.807, 2.05) is 19.9 Å². The highest BCUT2D eigenvalue weighted by molar-refractivity contribution is 7.21. The molecule has 0 aromatic carbocycles. The number of nitrogen functional groups attached to an aromatic ring is 1. The molecule has 0 atom stereocenters. The molecule has 0 bridgehead atoms. The van der Waals surface area contributed by atoms with Crippen molar-refractivity contribution in [1.82, 2.24) is 10.3 Å². The number of pyridine rings is 1. The minimum atomic E-state index is -0.0716. The van der Waals surface area contributed by atoms with E-state index in [0.717, 1.165) is 34.3 Å². The highest BCUT2D eigenvalue weighted by Crippen LogP contribution is 2.35. The summed E-state index contributed by atoms with van der Waals surface area (Å²) in [5, 5.41) is 3.92. The minimum Gasteiger partial charge on any atom is -0.397 e. The van der Waals surface area contributed by atoms with Crippen molar-refractivity contribution < 1.29 is 4.79 Å². The van der Waals surface area contributed by atoms with Gasteiger partial charge in [-0.05, 0) is 25.8 Å². The van der Waals surface area contributed by atoms with Crippen LogP contribution in [0.4, 0.5) is 5.69 Å². The summed E-state index contributed by atoms with van der Waals surface area (Å²) in [6.07, 6.45) is 2.14. The number of rotatable bonds is 5. The smallest absolute Gasteiger partial charge is 0.263 e. The Morgan fingerprint density at radius 3 is 2.67 bits per heavy atom. The van der Waals surface area contributed by atoms with Gasteiger partial charge in [0.15, 0.2) is 0 Å². The standard InChI is InChI=1S/C16H23N3OS/c1-5-11(6-2)8-18-16(20)15-14(17)13-10(4)19-9(3)7-12(13)21-15/h7,11H,5-6,8,17H2,1-4H3,(H,18,20). The Bertz CT molecular complexity index is 659. The normalized spacial score (nSPS) is 11.3. The molecule has 2 rings (SSSR count). The highest BCUT2D eigenvalue weighted by atomic mass is 32.1. The highest BCUT2D eigenvalue weighted by Gasteiger charge is 2.19. The fraction of sp³-hybridized carbons (Fsp3) is 0.500. The lowest BCUT2D eigenvalue weighted by Gasteiger charge is -2.12. The number of carbonyl (C=O) groups excluding carboxylic acids is 1. The third-order valence-electron chi connectivity index (χ3n) is 3.93. The number of nitrogens with two attached hydrogens (primary N) is 1. The zero-order valence-corrected chi connectivity index (χ0v) is 13.9. The molecule has 2 heterocycles. The van der Waals surface area contributed by atoms with Crippen LogP contribution in [-0.2, 0) is 0 Å². The van der Waals surface area contributed by atoms with E-state index < -0.39 is 0 Å². The van der Waals surface area contributed by atoms with Gasteiger partial charge in [-0.3, -0.25) is 9.78 Å². The second-order valence-corrected chi connectivity index (χ2v) is 6.51. The summed E-state index contributed by atoms with van der Waals surface area (Å²) in [6.45, 7) is 8.88. The van der Waals surface area contributed by atoms with Gasteiger partial charge in [0, 0.05) is 28.0 Å². The summed E-state index contributed by atoms with van der Waals surface area (Å²) in [5.74, 6) is 0.452. The van der Waals surface area contributed by atoms with E-state index in [2.05, 4.69) is 24.1 Å². The molecule has 0 radical (unpaired) electrons. The maximum Gasteiger partial charge on any atom is 0.263 e. The number of nitrogens with zero attached hydrogens (tertiary/aromatic N) is 1. The number of aromatic nitrogens is 1. The van der Waals surface area contributed by atoms with Crippen molar-refractivity contribution in [3.05, 3.63) is 22.3 Å². The first-order chi connectivity index (χ1) is 9.97. The number of anilines is 1. The summed E-state index contributed by atoms with van der Waals surface area (Å²) in [4.78, 5) is 17.4. The van der Waals surface area contributed by atoms with Crippen LogP contribution in [0.5, 0.6) is 0 Å². The van der Waals surface area contributed by atoms with Crippen molar-refractivity contribution in [3.63, 3.8) is 0 Å². The van der Waals surface area contributed by atoms with E-state index in [1.165, 1.54) is 11.3 Å². The molecule has 2 aromatic heterocycles. The van der Waals surface area contributed by atoms with Gasteiger partial charge in [0.25, 0.3) is 5.91 Å². The number of carbonyl (C=O) groups is 1. The van der Waals surface area contributed by atoms with Crippen LogP contribution in [-0.4, -0.2) is 17.4 Å². The molecular weight excluding hydrogens is 282 g/mol. The van der Waals surface area contributed by atoms with E-state index in [4.69, 9.17) is 5.73 Å². The van der Waals surface area contributed by atoms with Crippen LogP contribution in [0, 0.1) is 19.8 Å². The van der Waals surface area contributed by atoms with Crippen molar-refractivity contribution in [1.29, 1.82) is 0 Å². The Hall–Kier alpha value is -1.62. The average Bonchev–Trinajstić information content (AvgIpc) is 2.76. The third kappa shape index (κ3) is 3.18. The fourth-order valence-electron chi connectivity index (χ4n) is 2.54. The van der Waals surface area contributed by atoms with E-state index in [-0.39, 0.29) is 5.91 Å². The van der Waals surface area contributed by atoms with Gasteiger partial charge in [-0.2, -0.15) is 0 Å². The first-order valence-corrected chi connectivity index (χ1v) is 8.23. The van der Waals surface area contributed by atoms with Gasteiger partial charge in [0.1, 0.15) is 4.88 Å². The topological polar surface area (TPSA) is 68.0 Å². The van der Waals surface area contributed by atoms with Crippen LogP contribution < -0.4 is 11.1 Å². The number of hydrogen-bond acceptors (Lipinski definition) is 4.